The van der Waals surface area contributed by atoms with Gasteiger partial charge in [0, 0.05) is 0 Å². The molecule has 0 saturated carbocycles. The molecule has 0 aliphatic rings. The first-order chi connectivity index (χ1) is 5.55. The lowest BCUT2D eigenvalue weighted by Gasteiger charge is -2.26. The van der Waals surface area contributed by atoms with Crippen molar-refractivity contribution in [2.24, 2.45) is 5.73 Å². The Bertz CT molecular complexity index is 241. The van der Waals surface area contributed by atoms with Crippen LogP contribution in [0.15, 0.2) is 30.3 Å². The summed E-state index contributed by atoms with van der Waals surface area (Å²) in [6, 6.07) is 9.31. The Labute approximate surface area is 72.4 Å². The first kappa shape index (κ1) is 9.20. The summed E-state index contributed by atoms with van der Waals surface area (Å²) in [5.41, 5.74) is 5.77. The molecule has 2 heteroatoms. The molecule has 2 N–H and O–H groups in total. The van der Waals surface area contributed by atoms with E-state index in [1.807, 2.05) is 30.3 Å². The van der Waals surface area contributed by atoms with Gasteiger partial charge in [-0.25, -0.2) is 4.39 Å². The highest BCUT2D eigenvalue weighted by atomic mass is 19.1. The summed E-state index contributed by atoms with van der Waals surface area (Å²) in [6.07, 6.45) is -1.04. The van der Waals surface area contributed by atoms with Gasteiger partial charge in [0.05, 0.1) is 5.54 Å². The summed E-state index contributed by atoms with van der Waals surface area (Å²) in [7, 11) is 0. The highest BCUT2D eigenvalue weighted by Gasteiger charge is 2.27. The summed E-state index contributed by atoms with van der Waals surface area (Å²) in [6.45, 7) is 3.18. The maximum Gasteiger partial charge on any atom is 0.119 e. The second kappa shape index (κ2) is 3.23. The minimum absolute atomic E-state index is 0.833. The predicted molar refractivity (Wildman–Crippen MR) is 48.6 cm³/mol. The second-order valence-electron chi connectivity index (χ2n) is 3.26. The zero-order valence-electron chi connectivity index (χ0n) is 7.42. The Morgan fingerprint density at radius 2 is 1.83 bits per heavy atom. The Morgan fingerprint density at radius 1 is 1.33 bits per heavy atom. The normalized spacial score (nSPS) is 18.3. The molecule has 1 nitrogen and oxygen atoms in total. The van der Waals surface area contributed by atoms with Crippen LogP contribution in [0.1, 0.15) is 19.4 Å². The molecule has 0 aromatic heterocycles. The van der Waals surface area contributed by atoms with E-state index < -0.39 is 11.7 Å². The van der Waals surface area contributed by atoms with Crippen LogP contribution in [-0.4, -0.2) is 6.17 Å². The van der Waals surface area contributed by atoms with Gasteiger partial charge in [-0.2, -0.15) is 0 Å². The Balaban J connectivity index is 2.98. The quantitative estimate of drug-likeness (QED) is 0.718. The number of nitrogens with two attached hydrogens (primary N) is 1. The monoisotopic (exact) mass is 167 g/mol. The molecule has 0 aliphatic heterocycles. The van der Waals surface area contributed by atoms with E-state index in [0.29, 0.717) is 0 Å². The molecule has 2 atom stereocenters. The van der Waals surface area contributed by atoms with E-state index in [4.69, 9.17) is 5.73 Å². The molecule has 2 unspecified atom stereocenters. The molecule has 0 saturated heterocycles. The lowest BCUT2D eigenvalue weighted by atomic mass is 9.89. The van der Waals surface area contributed by atoms with Crippen molar-refractivity contribution in [1.82, 2.24) is 0 Å². The fourth-order valence-electron chi connectivity index (χ4n) is 1.03. The fourth-order valence-corrected chi connectivity index (χ4v) is 1.03. The maximum absolute atomic E-state index is 13.0. The molecule has 0 spiro atoms. The molecule has 1 rings (SSSR count). The van der Waals surface area contributed by atoms with Crippen molar-refractivity contribution in [2.75, 3.05) is 0 Å². The van der Waals surface area contributed by atoms with Crippen molar-refractivity contribution in [1.29, 1.82) is 0 Å². The molecule has 0 heterocycles. The molecule has 0 amide bonds. The van der Waals surface area contributed by atoms with Gasteiger partial charge in [0.1, 0.15) is 6.17 Å². The van der Waals surface area contributed by atoms with E-state index in [1.165, 1.54) is 6.92 Å². The average molecular weight is 167 g/mol. The Kier molecular flexibility index (Phi) is 2.48. The minimum atomic E-state index is -1.04. The van der Waals surface area contributed by atoms with Gasteiger partial charge in [0.25, 0.3) is 0 Å². The van der Waals surface area contributed by atoms with E-state index in [9.17, 15) is 4.39 Å². The smallest absolute Gasteiger partial charge is 0.119 e. The molecule has 1 aromatic carbocycles. The number of alkyl halides is 1. The van der Waals surface area contributed by atoms with E-state index in [0.717, 1.165) is 5.56 Å². The highest BCUT2D eigenvalue weighted by molar-refractivity contribution is 5.24. The van der Waals surface area contributed by atoms with Crippen LogP contribution in [0.25, 0.3) is 0 Å². The summed E-state index contributed by atoms with van der Waals surface area (Å²) < 4.78 is 13.0. The standard InChI is InChI=1S/C10H14FN/c1-8(11)10(2,12)9-6-4-3-5-7-9/h3-8H,12H2,1-2H3. The van der Waals surface area contributed by atoms with Crippen molar-refractivity contribution in [3.05, 3.63) is 35.9 Å². The van der Waals surface area contributed by atoms with E-state index in [1.54, 1.807) is 6.92 Å². The van der Waals surface area contributed by atoms with Gasteiger partial charge >= 0.3 is 0 Å². The third-order valence-corrected chi connectivity index (χ3v) is 2.22. The molecule has 66 valence electrons. The van der Waals surface area contributed by atoms with Gasteiger partial charge in [-0.05, 0) is 19.4 Å². The number of rotatable bonds is 2. The number of hydrogen-bond donors (Lipinski definition) is 1. The van der Waals surface area contributed by atoms with Gasteiger partial charge in [-0.1, -0.05) is 30.3 Å². The summed E-state index contributed by atoms with van der Waals surface area (Å²) in [4.78, 5) is 0. The second-order valence-corrected chi connectivity index (χ2v) is 3.26. The van der Waals surface area contributed by atoms with Crippen molar-refractivity contribution in [2.45, 2.75) is 25.6 Å². The summed E-state index contributed by atoms with van der Waals surface area (Å²) in [5.74, 6) is 0. The summed E-state index contributed by atoms with van der Waals surface area (Å²) >= 11 is 0. The van der Waals surface area contributed by atoms with Crippen LogP contribution in [0.2, 0.25) is 0 Å². The molecule has 0 bridgehead atoms. The minimum Gasteiger partial charge on any atom is -0.319 e. The van der Waals surface area contributed by atoms with E-state index >= 15 is 0 Å². The first-order valence-corrected chi connectivity index (χ1v) is 4.03. The van der Waals surface area contributed by atoms with Crippen LogP contribution in [0.4, 0.5) is 4.39 Å². The van der Waals surface area contributed by atoms with Gasteiger partial charge in [0.2, 0.25) is 0 Å². The molecular weight excluding hydrogens is 153 g/mol. The van der Waals surface area contributed by atoms with E-state index in [-0.39, 0.29) is 0 Å². The largest absolute Gasteiger partial charge is 0.319 e. The lowest BCUT2D eigenvalue weighted by molar-refractivity contribution is 0.225. The van der Waals surface area contributed by atoms with Crippen molar-refractivity contribution < 1.29 is 4.39 Å². The SMILES string of the molecule is CC(F)C(C)(N)c1ccccc1. The molecular formula is C10H14FN. The van der Waals surface area contributed by atoms with Crippen molar-refractivity contribution in [3.8, 4) is 0 Å². The zero-order chi connectivity index (χ0) is 9.19. The third-order valence-electron chi connectivity index (χ3n) is 2.22. The van der Waals surface area contributed by atoms with Crippen molar-refractivity contribution >= 4 is 0 Å². The van der Waals surface area contributed by atoms with Crippen LogP contribution in [0.3, 0.4) is 0 Å². The highest BCUT2D eigenvalue weighted by Crippen LogP contribution is 2.23. The number of benzene rings is 1. The fraction of sp³-hybridized carbons (Fsp3) is 0.400. The summed E-state index contributed by atoms with van der Waals surface area (Å²) in [5, 5.41) is 0. The molecule has 0 radical (unpaired) electrons. The zero-order valence-corrected chi connectivity index (χ0v) is 7.42. The van der Waals surface area contributed by atoms with Crippen LogP contribution in [-0.2, 0) is 5.54 Å². The Hall–Kier alpha value is -0.890. The first-order valence-electron chi connectivity index (χ1n) is 4.03. The van der Waals surface area contributed by atoms with Gasteiger partial charge in [-0.3, -0.25) is 0 Å². The molecule has 0 aliphatic carbocycles. The lowest BCUT2D eigenvalue weighted by Crippen LogP contribution is -2.41. The van der Waals surface area contributed by atoms with Crippen LogP contribution >= 0.6 is 0 Å². The van der Waals surface area contributed by atoms with Gasteiger partial charge in [0.15, 0.2) is 0 Å². The average Bonchev–Trinajstić information content (AvgIpc) is 2.06. The van der Waals surface area contributed by atoms with Crippen molar-refractivity contribution in [3.63, 3.8) is 0 Å². The molecule has 12 heavy (non-hydrogen) atoms. The van der Waals surface area contributed by atoms with Crippen LogP contribution in [0, 0.1) is 0 Å². The topological polar surface area (TPSA) is 26.0 Å². The maximum atomic E-state index is 13.0. The predicted octanol–water partition coefficient (Wildman–Crippen LogP) is 2.22. The van der Waals surface area contributed by atoms with Gasteiger partial charge < -0.3 is 5.73 Å². The van der Waals surface area contributed by atoms with Crippen LogP contribution < -0.4 is 5.73 Å². The Morgan fingerprint density at radius 3 is 2.25 bits per heavy atom. The molecule has 1 aromatic rings. The molecule has 0 fully saturated rings. The third kappa shape index (κ3) is 1.64. The van der Waals surface area contributed by atoms with E-state index in [2.05, 4.69) is 0 Å². The number of hydrogen-bond acceptors (Lipinski definition) is 1. The van der Waals surface area contributed by atoms with Crippen LogP contribution in [0.5, 0.6) is 0 Å². The number of halogens is 1. The van der Waals surface area contributed by atoms with Gasteiger partial charge in [-0.15, -0.1) is 0 Å².